The molecule has 0 atom stereocenters. The molecule has 2 nitrogen and oxygen atoms in total. The summed E-state index contributed by atoms with van der Waals surface area (Å²) in [6, 6.07) is 11.7. The monoisotopic (exact) mass is 273 g/mol. The summed E-state index contributed by atoms with van der Waals surface area (Å²) in [6.07, 6.45) is 0.913. The van der Waals surface area contributed by atoms with E-state index in [2.05, 4.69) is 19.9 Å². The maximum Gasteiger partial charge on any atom is 0.123 e. The zero-order chi connectivity index (χ0) is 13.6. The highest BCUT2D eigenvalue weighted by Gasteiger charge is 2.30. The molecule has 0 fully saturated rings. The molecule has 3 rings (SSSR count). The number of benzene rings is 2. The molecule has 1 aliphatic heterocycles. The van der Waals surface area contributed by atoms with Gasteiger partial charge in [-0.05, 0) is 55.3 Å². The van der Waals surface area contributed by atoms with Crippen LogP contribution in [0.1, 0.15) is 19.4 Å². The summed E-state index contributed by atoms with van der Waals surface area (Å²) in [7, 11) is 0. The number of rotatable bonds is 1. The number of hydrogen-bond donors (Lipinski definition) is 1. The van der Waals surface area contributed by atoms with Gasteiger partial charge >= 0.3 is 0 Å². The van der Waals surface area contributed by atoms with E-state index in [9.17, 15) is 0 Å². The average molecular weight is 274 g/mol. The molecule has 2 aromatic carbocycles. The molecule has 3 heteroatoms. The average Bonchev–Trinajstić information content (AvgIpc) is 2.65. The van der Waals surface area contributed by atoms with Crippen LogP contribution in [0.15, 0.2) is 36.4 Å². The predicted molar refractivity (Wildman–Crippen MR) is 79.7 cm³/mol. The number of fused-ring (bicyclic) bond motifs is 1. The molecule has 19 heavy (non-hydrogen) atoms. The molecule has 0 radical (unpaired) electrons. The Labute approximate surface area is 118 Å². The van der Waals surface area contributed by atoms with Gasteiger partial charge in [0.15, 0.2) is 0 Å². The largest absolute Gasteiger partial charge is 0.487 e. The van der Waals surface area contributed by atoms with Gasteiger partial charge in [-0.1, -0.05) is 17.7 Å². The molecule has 0 spiro atoms. The number of nitrogen functional groups attached to an aromatic ring is 1. The van der Waals surface area contributed by atoms with Crippen molar-refractivity contribution < 1.29 is 4.74 Å². The first-order valence-electron chi connectivity index (χ1n) is 6.32. The molecule has 0 unspecified atom stereocenters. The van der Waals surface area contributed by atoms with Crippen LogP contribution in [0, 0.1) is 0 Å². The molecule has 1 heterocycles. The molecule has 2 N–H and O–H groups in total. The lowest BCUT2D eigenvalue weighted by molar-refractivity contribution is 0.138. The lowest BCUT2D eigenvalue weighted by Gasteiger charge is -2.16. The van der Waals surface area contributed by atoms with Gasteiger partial charge in [-0.2, -0.15) is 0 Å². The van der Waals surface area contributed by atoms with Crippen molar-refractivity contribution in [3.63, 3.8) is 0 Å². The fourth-order valence-electron chi connectivity index (χ4n) is 2.56. The standard InChI is InChI=1S/C16H16ClNO/c1-16(2)9-11-7-10(3-6-15(11)19-16)13-8-12(17)4-5-14(13)18/h3-8H,9,18H2,1-2H3. The van der Waals surface area contributed by atoms with Crippen molar-refractivity contribution in [1.29, 1.82) is 0 Å². The van der Waals surface area contributed by atoms with Crippen molar-refractivity contribution in [1.82, 2.24) is 0 Å². The first-order valence-corrected chi connectivity index (χ1v) is 6.70. The summed E-state index contributed by atoms with van der Waals surface area (Å²) in [5.41, 5.74) is 9.92. The molecule has 0 saturated carbocycles. The number of anilines is 1. The maximum absolute atomic E-state index is 6.05. The van der Waals surface area contributed by atoms with E-state index < -0.39 is 0 Å². The fraction of sp³-hybridized carbons (Fsp3) is 0.250. The summed E-state index contributed by atoms with van der Waals surface area (Å²) in [6.45, 7) is 4.20. The predicted octanol–water partition coefficient (Wildman–Crippen LogP) is 4.30. The molecule has 98 valence electrons. The SMILES string of the molecule is CC1(C)Cc2cc(-c3cc(Cl)ccc3N)ccc2O1. The normalized spacial score (nSPS) is 15.9. The maximum atomic E-state index is 6.05. The molecule has 0 amide bonds. The molecule has 1 aliphatic rings. The molecule has 2 aromatic rings. The van der Waals surface area contributed by atoms with E-state index in [-0.39, 0.29) is 5.60 Å². The summed E-state index contributed by atoms with van der Waals surface area (Å²) >= 11 is 6.05. The Morgan fingerprint density at radius 3 is 2.74 bits per heavy atom. The van der Waals surface area contributed by atoms with E-state index in [1.54, 1.807) is 6.07 Å². The van der Waals surface area contributed by atoms with E-state index >= 15 is 0 Å². The van der Waals surface area contributed by atoms with Crippen molar-refractivity contribution in [2.45, 2.75) is 25.9 Å². The van der Waals surface area contributed by atoms with Gasteiger partial charge in [-0.3, -0.25) is 0 Å². The third-order valence-electron chi connectivity index (χ3n) is 3.39. The van der Waals surface area contributed by atoms with Gasteiger partial charge in [-0.25, -0.2) is 0 Å². The number of hydrogen-bond acceptors (Lipinski definition) is 2. The minimum absolute atomic E-state index is 0.124. The Balaban J connectivity index is 2.07. The minimum Gasteiger partial charge on any atom is -0.487 e. The first-order chi connectivity index (χ1) is 8.94. The van der Waals surface area contributed by atoms with Gasteiger partial charge in [0.2, 0.25) is 0 Å². The highest BCUT2D eigenvalue weighted by atomic mass is 35.5. The summed E-state index contributed by atoms with van der Waals surface area (Å²) in [4.78, 5) is 0. The molecular weight excluding hydrogens is 258 g/mol. The smallest absolute Gasteiger partial charge is 0.123 e. The Kier molecular flexibility index (Phi) is 2.72. The van der Waals surface area contributed by atoms with E-state index in [0.717, 1.165) is 29.0 Å². The second kappa shape index (κ2) is 4.17. The zero-order valence-corrected chi connectivity index (χ0v) is 11.8. The lowest BCUT2D eigenvalue weighted by Crippen LogP contribution is -2.24. The minimum atomic E-state index is -0.124. The Hall–Kier alpha value is -1.67. The van der Waals surface area contributed by atoms with Gasteiger partial charge in [0, 0.05) is 22.7 Å². The number of ether oxygens (including phenoxy) is 1. The molecule has 0 aromatic heterocycles. The quantitative estimate of drug-likeness (QED) is 0.786. The van der Waals surface area contributed by atoms with Crippen LogP contribution in [-0.2, 0) is 6.42 Å². The second-order valence-electron chi connectivity index (χ2n) is 5.59. The Morgan fingerprint density at radius 1 is 1.16 bits per heavy atom. The summed E-state index contributed by atoms with van der Waals surface area (Å²) in [5, 5.41) is 0.696. The third kappa shape index (κ3) is 2.28. The van der Waals surface area contributed by atoms with Gasteiger partial charge in [-0.15, -0.1) is 0 Å². The van der Waals surface area contributed by atoms with Gasteiger partial charge < -0.3 is 10.5 Å². The van der Waals surface area contributed by atoms with Crippen LogP contribution < -0.4 is 10.5 Å². The first kappa shape index (κ1) is 12.4. The van der Waals surface area contributed by atoms with Crippen molar-refractivity contribution in [3.05, 3.63) is 47.0 Å². The molecule has 0 aliphatic carbocycles. The van der Waals surface area contributed by atoms with Crippen molar-refractivity contribution in [3.8, 4) is 16.9 Å². The number of nitrogens with two attached hydrogens (primary N) is 1. The van der Waals surface area contributed by atoms with Crippen LogP contribution in [-0.4, -0.2) is 5.60 Å². The third-order valence-corrected chi connectivity index (χ3v) is 3.62. The molecular formula is C16H16ClNO. The molecule has 0 bridgehead atoms. The zero-order valence-electron chi connectivity index (χ0n) is 11.0. The second-order valence-corrected chi connectivity index (χ2v) is 6.03. The van der Waals surface area contributed by atoms with Crippen LogP contribution >= 0.6 is 11.6 Å². The van der Waals surface area contributed by atoms with Crippen LogP contribution in [0.25, 0.3) is 11.1 Å². The number of halogens is 1. The van der Waals surface area contributed by atoms with Gasteiger partial charge in [0.25, 0.3) is 0 Å². The topological polar surface area (TPSA) is 35.2 Å². The van der Waals surface area contributed by atoms with E-state index in [1.165, 1.54) is 5.56 Å². The fourth-order valence-corrected chi connectivity index (χ4v) is 2.73. The highest BCUT2D eigenvalue weighted by molar-refractivity contribution is 6.31. The van der Waals surface area contributed by atoms with E-state index in [1.807, 2.05) is 24.3 Å². The summed E-state index contributed by atoms with van der Waals surface area (Å²) < 4.78 is 5.88. The van der Waals surface area contributed by atoms with Gasteiger partial charge in [0.1, 0.15) is 11.4 Å². The summed E-state index contributed by atoms with van der Waals surface area (Å²) in [5.74, 6) is 0.967. The highest BCUT2D eigenvalue weighted by Crippen LogP contribution is 2.38. The van der Waals surface area contributed by atoms with E-state index in [0.29, 0.717) is 5.02 Å². The van der Waals surface area contributed by atoms with Crippen molar-refractivity contribution >= 4 is 17.3 Å². The van der Waals surface area contributed by atoms with Crippen LogP contribution in [0.5, 0.6) is 5.75 Å². The lowest BCUT2D eigenvalue weighted by atomic mass is 9.97. The van der Waals surface area contributed by atoms with E-state index in [4.69, 9.17) is 22.1 Å². The van der Waals surface area contributed by atoms with Crippen LogP contribution in [0.2, 0.25) is 5.02 Å². The molecule has 0 saturated heterocycles. The van der Waals surface area contributed by atoms with Crippen LogP contribution in [0.3, 0.4) is 0 Å². The Bertz CT molecular complexity index is 649. The Morgan fingerprint density at radius 2 is 1.95 bits per heavy atom. The van der Waals surface area contributed by atoms with Crippen molar-refractivity contribution in [2.24, 2.45) is 0 Å². The van der Waals surface area contributed by atoms with Crippen LogP contribution in [0.4, 0.5) is 5.69 Å². The van der Waals surface area contributed by atoms with Crippen molar-refractivity contribution in [2.75, 3.05) is 5.73 Å². The van der Waals surface area contributed by atoms with Gasteiger partial charge in [0.05, 0.1) is 0 Å².